The maximum absolute atomic E-state index is 13.1. The van der Waals surface area contributed by atoms with Crippen molar-refractivity contribution in [1.29, 1.82) is 0 Å². The van der Waals surface area contributed by atoms with Crippen LogP contribution in [0.15, 0.2) is 0 Å². The molecule has 0 rings (SSSR count). The molecule has 0 saturated heterocycles. The normalized spacial score (nSPS) is 13.8. The number of aliphatic hydroxyl groups excluding tert-OH is 2. The van der Waals surface area contributed by atoms with Crippen LogP contribution >= 0.6 is 7.37 Å². The predicted octanol–water partition coefficient (Wildman–Crippen LogP) is 10.4. The van der Waals surface area contributed by atoms with Gasteiger partial charge in [0.1, 0.15) is 5.78 Å². The van der Waals surface area contributed by atoms with E-state index in [2.05, 4.69) is 13.8 Å². The number of Topliss-reactive ketones (excluding diaryl/α,β-unsaturated/α-hetero) is 1. The molecule has 0 aromatic carbocycles. The number of carbonyl (C=O) groups is 2. The van der Waals surface area contributed by atoms with E-state index >= 15 is 0 Å². The van der Waals surface area contributed by atoms with Crippen LogP contribution in [0.3, 0.4) is 0 Å². The van der Waals surface area contributed by atoms with E-state index in [0.717, 1.165) is 38.5 Å². The Labute approximate surface area is 271 Å². The summed E-state index contributed by atoms with van der Waals surface area (Å²) in [6.45, 7) is 3.86. The number of carbonyl (C=O) groups excluding carboxylic acids is 2. The van der Waals surface area contributed by atoms with Crippen LogP contribution in [0.5, 0.6) is 0 Å². The molecule has 2 unspecified atom stereocenters. The SMILES string of the molecule is CCCCCCCCCCCCCCCC(=O)CC(CO)OP(=O)(C(=O)CCCCCCCCCCCCCCC)C(O)O. The van der Waals surface area contributed by atoms with Gasteiger partial charge in [-0.25, -0.2) is 0 Å². The topological polar surface area (TPSA) is 121 Å². The van der Waals surface area contributed by atoms with Crippen molar-refractivity contribution < 1.29 is 34.0 Å². The average molecular weight is 647 g/mol. The summed E-state index contributed by atoms with van der Waals surface area (Å²) in [5, 5.41) is 29.2. The Kier molecular flexibility index (Phi) is 30.6. The molecule has 2 atom stereocenters. The van der Waals surface area contributed by atoms with E-state index in [0.29, 0.717) is 12.8 Å². The second-order valence-corrected chi connectivity index (χ2v) is 15.3. The van der Waals surface area contributed by atoms with Crippen molar-refractivity contribution in [1.82, 2.24) is 0 Å². The Hall–Kier alpha value is -0.590. The fourth-order valence-corrected chi connectivity index (χ4v) is 7.28. The fourth-order valence-electron chi connectivity index (χ4n) is 5.74. The van der Waals surface area contributed by atoms with Crippen molar-refractivity contribution in [2.75, 3.05) is 6.61 Å². The summed E-state index contributed by atoms with van der Waals surface area (Å²) in [5.74, 6) is -0.143. The zero-order valence-corrected chi connectivity index (χ0v) is 29.7. The van der Waals surface area contributed by atoms with Crippen LogP contribution in [0.4, 0.5) is 0 Å². The predicted molar refractivity (Wildman–Crippen MR) is 183 cm³/mol. The van der Waals surface area contributed by atoms with E-state index in [4.69, 9.17) is 4.52 Å². The van der Waals surface area contributed by atoms with Gasteiger partial charge in [0.25, 0.3) is 0 Å². The van der Waals surface area contributed by atoms with E-state index in [1.807, 2.05) is 0 Å². The molecule has 0 bridgehead atoms. The van der Waals surface area contributed by atoms with Gasteiger partial charge in [0.2, 0.25) is 11.6 Å². The number of rotatable bonds is 35. The maximum Gasteiger partial charge on any atom is 0.321 e. The Morgan fingerprint density at radius 2 is 0.864 bits per heavy atom. The Morgan fingerprint density at radius 1 is 0.545 bits per heavy atom. The van der Waals surface area contributed by atoms with Crippen LogP contribution in [0.2, 0.25) is 0 Å². The molecule has 0 amide bonds. The first-order chi connectivity index (χ1) is 21.3. The van der Waals surface area contributed by atoms with E-state index in [1.165, 1.54) is 122 Å². The summed E-state index contributed by atoms with van der Waals surface area (Å²) in [5.41, 5.74) is -0.835. The van der Waals surface area contributed by atoms with Crippen LogP contribution in [-0.4, -0.2) is 45.4 Å². The summed E-state index contributed by atoms with van der Waals surface area (Å²) in [6.07, 6.45) is 29.6. The van der Waals surface area contributed by atoms with Gasteiger partial charge in [-0.2, -0.15) is 0 Å². The molecular weight excluding hydrogens is 575 g/mol. The van der Waals surface area contributed by atoms with Crippen LogP contribution in [0.1, 0.15) is 200 Å². The Morgan fingerprint density at radius 3 is 1.18 bits per heavy atom. The highest BCUT2D eigenvalue weighted by Gasteiger charge is 2.42. The summed E-state index contributed by atoms with van der Waals surface area (Å²) in [6, 6.07) is -2.46. The van der Waals surface area contributed by atoms with Gasteiger partial charge >= 0.3 is 7.37 Å². The standard InChI is InChI=1S/C36H71O7P/c1-3-5-7-9-11-13-15-17-19-21-23-25-27-29-33(38)31-34(32-37)43-44(42,36(40)41)35(39)30-28-26-24-22-20-18-16-14-12-10-8-6-4-2/h34,36-37,40-41H,3-32H2,1-2H3. The van der Waals surface area contributed by atoms with Crippen LogP contribution < -0.4 is 0 Å². The third-order valence-electron chi connectivity index (χ3n) is 8.67. The monoisotopic (exact) mass is 646 g/mol. The quantitative estimate of drug-likeness (QED) is 0.0356. The number of ketones is 1. The molecular formula is C36H71O7P. The molecule has 0 fully saturated rings. The van der Waals surface area contributed by atoms with E-state index in [1.54, 1.807) is 0 Å². The molecule has 0 aromatic heterocycles. The third kappa shape index (κ3) is 24.6. The Bertz CT molecular complexity index is 713. The molecule has 0 heterocycles. The Balaban J connectivity index is 4.08. The van der Waals surface area contributed by atoms with E-state index in [9.17, 15) is 29.5 Å². The highest BCUT2D eigenvalue weighted by atomic mass is 31.2. The molecule has 3 N–H and O–H groups in total. The maximum atomic E-state index is 13.1. The van der Waals surface area contributed by atoms with Crippen molar-refractivity contribution in [2.24, 2.45) is 0 Å². The minimum atomic E-state index is -4.50. The lowest BCUT2D eigenvalue weighted by atomic mass is 10.0. The van der Waals surface area contributed by atoms with Gasteiger partial charge in [0, 0.05) is 19.3 Å². The van der Waals surface area contributed by atoms with Crippen molar-refractivity contribution in [3.05, 3.63) is 0 Å². The molecule has 0 aliphatic carbocycles. The van der Waals surface area contributed by atoms with Gasteiger partial charge < -0.3 is 19.8 Å². The molecule has 44 heavy (non-hydrogen) atoms. The smallest absolute Gasteiger partial charge is 0.321 e. The van der Waals surface area contributed by atoms with Gasteiger partial charge in [0.15, 0.2) is 0 Å². The summed E-state index contributed by atoms with van der Waals surface area (Å²) in [7, 11) is -4.50. The highest BCUT2D eigenvalue weighted by Crippen LogP contribution is 2.53. The van der Waals surface area contributed by atoms with E-state index < -0.39 is 31.6 Å². The zero-order valence-electron chi connectivity index (χ0n) is 28.8. The third-order valence-corrected chi connectivity index (χ3v) is 10.8. The van der Waals surface area contributed by atoms with Crippen LogP contribution in [0.25, 0.3) is 0 Å². The lowest BCUT2D eigenvalue weighted by molar-refractivity contribution is -0.122. The fraction of sp³-hybridized carbons (Fsp3) is 0.944. The first kappa shape index (κ1) is 43.4. The minimum absolute atomic E-state index is 0.0717. The average Bonchev–Trinajstić information content (AvgIpc) is 3.01. The lowest BCUT2D eigenvalue weighted by Gasteiger charge is -2.23. The van der Waals surface area contributed by atoms with Crippen molar-refractivity contribution in [3.8, 4) is 0 Å². The molecule has 0 saturated carbocycles. The van der Waals surface area contributed by atoms with Gasteiger partial charge in [0.05, 0.1) is 12.7 Å². The molecule has 0 radical (unpaired) electrons. The van der Waals surface area contributed by atoms with E-state index in [-0.39, 0.29) is 18.6 Å². The first-order valence-electron chi connectivity index (χ1n) is 18.6. The number of hydrogen-bond acceptors (Lipinski definition) is 7. The molecule has 0 aliphatic heterocycles. The van der Waals surface area contributed by atoms with Gasteiger partial charge in [-0.05, 0) is 12.8 Å². The van der Waals surface area contributed by atoms with Crippen molar-refractivity contribution >= 4 is 18.7 Å². The summed E-state index contributed by atoms with van der Waals surface area (Å²) < 4.78 is 18.4. The largest absolute Gasteiger partial charge is 0.394 e. The molecule has 262 valence electrons. The summed E-state index contributed by atoms with van der Waals surface area (Å²) in [4.78, 5) is 25.1. The van der Waals surface area contributed by atoms with Gasteiger partial charge in [-0.1, -0.05) is 168 Å². The van der Waals surface area contributed by atoms with Gasteiger partial charge in [-0.15, -0.1) is 0 Å². The highest BCUT2D eigenvalue weighted by molar-refractivity contribution is 7.76. The summed E-state index contributed by atoms with van der Waals surface area (Å²) >= 11 is 0. The molecule has 0 spiro atoms. The number of hydrogen-bond donors (Lipinski definition) is 3. The first-order valence-corrected chi connectivity index (χ1v) is 20.3. The molecule has 7 nitrogen and oxygen atoms in total. The number of unbranched alkanes of at least 4 members (excludes halogenated alkanes) is 24. The van der Waals surface area contributed by atoms with Crippen molar-refractivity contribution in [3.63, 3.8) is 0 Å². The number of aliphatic hydroxyl groups is 3. The lowest BCUT2D eigenvalue weighted by Crippen LogP contribution is -2.26. The minimum Gasteiger partial charge on any atom is -0.394 e. The van der Waals surface area contributed by atoms with Crippen LogP contribution in [-0.2, 0) is 18.7 Å². The zero-order chi connectivity index (χ0) is 32.7. The van der Waals surface area contributed by atoms with Gasteiger partial charge in [-0.3, -0.25) is 14.2 Å². The molecule has 0 aliphatic rings. The second-order valence-electron chi connectivity index (χ2n) is 13.0. The van der Waals surface area contributed by atoms with Crippen molar-refractivity contribution in [2.45, 2.75) is 212 Å². The second kappa shape index (κ2) is 31.0. The molecule has 8 heteroatoms. The van der Waals surface area contributed by atoms with Crippen LogP contribution in [0, 0.1) is 0 Å². The molecule has 0 aromatic rings.